The van der Waals surface area contributed by atoms with E-state index in [1.807, 2.05) is 12.1 Å². The van der Waals surface area contributed by atoms with Crippen molar-refractivity contribution in [3.63, 3.8) is 0 Å². The quantitative estimate of drug-likeness (QED) is 0.826. The summed E-state index contributed by atoms with van der Waals surface area (Å²) in [5.41, 5.74) is 7.03. The van der Waals surface area contributed by atoms with Crippen molar-refractivity contribution >= 4 is 0 Å². The van der Waals surface area contributed by atoms with Gasteiger partial charge in [0.25, 0.3) is 0 Å². The van der Waals surface area contributed by atoms with Crippen molar-refractivity contribution in [2.24, 2.45) is 5.73 Å². The van der Waals surface area contributed by atoms with Gasteiger partial charge in [-0.2, -0.15) is 0 Å². The first-order chi connectivity index (χ1) is 7.74. The molecule has 0 saturated heterocycles. The lowest BCUT2D eigenvalue weighted by Gasteiger charge is -2.39. The molecule has 16 heavy (non-hydrogen) atoms. The maximum absolute atomic E-state index is 6.36. The average molecular weight is 221 g/mol. The van der Waals surface area contributed by atoms with Gasteiger partial charge in [0, 0.05) is 5.54 Å². The maximum Gasteiger partial charge on any atom is 0.231 e. The van der Waals surface area contributed by atoms with Crippen LogP contribution in [0.25, 0.3) is 0 Å². The van der Waals surface area contributed by atoms with Gasteiger partial charge in [0.2, 0.25) is 6.79 Å². The Labute approximate surface area is 94.3 Å². The molecule has 1 fully saturated rings. The standard InChI is InChI=1S/C12H15NO3/c1-14-8-3-4-9-11(16-7-15-9)10(8)12(13)5-2-6-12/h3-4H,2,5-7,13H2,1H3. The van der Waals surface area contributed by atoms with Crippen LogP contribution in [0.5, 0.6) is 17.2 Å². The van der Waals surface area contributed by atoms with Crippen LogP contribution in [0.1, 0.15) is 24.8 Å². The molecule has 0 amide bonds. The highest BCUT2D eigenvalue weighted by molar-refractivity contribution is 5.58. The lowest BCUT2D eigenvalue weighted by molar-refractivity contribution is 0.167. The highest BCUT2D eigenvalue weighted by Crippen LogP contribution is 2.51. The third kappa shape index (κ3) is 1.19. The first-order valence-corrected chi connectivity index (χ1v) is 5.50. The van der Waals surface area contributed by atoms with Gasteiger partial charge in [0.05, 0.1) is 12.7 Å². The maximum atomic E-state index is 6.36. The Kier molecular flexibility index (Phi) is 2.01. The van der Waals surface area contributed by atoms with Crippen molar-refractivity contribution in [2.45, 2.75) is 24.8 Å². The third-order valence-electron chi connectivity index (χ3n) is 3.46. The summed E-state index contributed by atoms with van der Waals surface area (Å²) >= 11 is 0. The van der Waals surface area contributed by atoms with E-state index in [9.17, 15) is 0 Å². The Morgan fingerprint density at radius 3 is 2.75 bits per heavy atom. The van der Waals surface area contributed by atoms with Crippen molar-refractivity contribution in [3.05, 3.63) is 17.7 Å². The Balaban J connectivity index is 2.16. The number of hydrogen-bond donors (Lipinski definition) is 1. The van der Waals surface area contributed by atoms with Gasteiger partial charge in [-0.15, -0.1) is 0 Å². The fourth-order valence-electron chi connectivity index (χ4n) is 2.40. The van der Waals surface area contributed by atoms with Crippen molar-refractivity contribution in [3.8, 4) is 17.2 Å². The van der Waals surface area contributed by atoms with Gasteiger partial charge < -0.3 is 19.9 Å². The van der Waals surface area contributed by atoms with Crippen LogP contribution in [0.3, 0.4) is 0 Å². The smallest absolute Gasteiger partial charge is 0.231 e. The van der Waals surface area contributed by atoms with Gasteiger partial charge in [-0.3, -0.25) is 0 Å². The summed E-state index contributed by atoms with van der Waals surface area (Å²) in [6.07, 6.45) is 3.11. The molecule has 3 rings (SSSR count). The number of rotatable bonds is 2. The molecule has 1 aliphatic heterocycles. The summed E-state index contributed by atoms with van der Waals surface area (Å²) in [6, 6.07) is 3.77. The SMILES string of the molecule is COc1ccc2c(c1C1(N)CCC1)OCO2. The van der Waals surface area contributed by atoms with E-state index < -0.39 is 0 Å². The normalized spacial score (nSPS) is 20.4. The van der Waals surface area contributed by atoms with Crippen molar-refractivity contribution in [1.29, 1.82) is 0 Å². The number of ether oxygens (including phenoxy) is 3. The molecule has 0 bridgehead atoms. The van der Waals surface area contributed by atoms with Crippen LogP contribution in [0.2, 0.25) is 0 Å². The van der Waals surface area contributed by atoms with E-state index in [1.54, 1.807) is 7.11 Å². The van der Waals surface area contributed by atoms with E-state index in [0.29, 0.717) is 0 Å². The third-order valence-corrected chi connectivity index (χ3v) is 3.46. The van der Waals surface area contributed by atoms with Crippen LogP contribution < -0.4 is 19.9 Å². The zero-order valence-corrected chi connectivity index (χ0v) is 9.29. The molecule has 0 aromatic heterocycles. The topological polar surface area (TPSA) is 53.7 Å². The first-order valence-electron chi connectivity index (χ1n) is 5.50. The summed E-state index contributed by atoms with van der Waals surface area (Å²) in [4.78, 5) is 0. The summed E-state index contributed by atoms with van der Waals surface area (Å²) in [6.45, 7) is 0.269. The highest BCUT2D eigenvalue weighted by Gasteiger charge is 2.41. The van der Waals surface area contributed by atoms with Crippen LogP contribution in [-0.4, -0.2) is 13.9 Å². The highest BCUT2D eigenvalue weighted by atomic mass is 16.7. The second-order valence-corrected chi connectivity index (χ2v) is 4.39. The molecular weight excluding hydrogens is 206 g/mol. The summed E-state index contributed by atoms with van der Waals surface area (Å²) in [7, 11) is 1.66. The zero-order valence-electron chi connectivity index (χ0n) is 9.29. The molecule has 2 N–H and O–H groups in total. The van der Waals surface area contributed by atoms with E-state index in [-0.39, 0.29) is 12.3 Å². The van der Waals surface area contributed by atoms with Gasteiger partial charge in [0.15, 0.2) is 11.5 Å². The molecule has 1 aromatic rings. The number of benzene rings is 1. The summed E-state index contributed by atoms with van der Waals surface area (Å²) in [5.74, 6) is 2.33. The largest absolute Gasteiger partial charge is 0.496 e. The molecule has 1 saturated carbocycles. The van der Waals surface area contributed by atoms with E-state index in [0.717, 1.165) is 42.1 Å². The predicted molar refractivity (Wildman–Crippen MR) is 58.8 cm³/mol. The molecule has 1 heterocycles. The number of methoxy groups -OCH3 is 1. The van der Waals surface area contributed by atoms with Crippen molar-refractivity contribution < 1.29 is 14.2 Å². The van der Waals surface area contributed by atoms with Crippen LogP contribution in [0, 0.1) is 0 Å². The van der Waals surface area contributed by atoms with E-state index in [4.69, 9.17) is 19.9 Å². The molecule has 0 unspecified atom stereocenters. The molecule has 1 aliphatic carbocycles. The Hall–Kier alpha value is -1.42. The second kappa shape index (κ2) is 3.28. The molecule has 2 aliphatic rings. The molecule has 86 valence electrons. The van der Waals surface area contributed by atoms with Gasteiger partial charge in [-0.1, -0.05) is 0 Å². The Morgan fingerprint density at radius 1 is 1.31 bits per heavy atom. The van der Waals surface area contributed by atoms with E-state index >= 15 is 0 Å². The predicted octanol–water partition coefficient (Wildman–Crippen LogP) is 1.76. The van der Waals surface area contributed by atoms with Gasteiger partial charge in [-0.05, 0) is 31.4 Å². The van der Waals surface area contributed by atoms with Crippen molar-refractivity contribution in [2.75, 3.05) is 13.9 Å². The van der Waals surface area contributed by atoms with Crippen LogP contribution in [0.4, 0.5) is 0 Å². The molecule has 0 radical (unpaired) electrons. The Morgan fingerprint density at radius 2 is 2.12 bits per heavy atom. The second-order valence-electron chi connectivity index (χ2n) is 4.39. The van der Waals surface area contributed by atoms with E-state index in [1.165, 1.54) is 0 Å². The molecule has 4 nitrogen and oxygen atoms in total. The van der Waals surface area contributed by atoms with Gasteiger partial charge >= 0.3 is 0 Å². The molecule has 1 aromatic carbocycles. The first kappa shape index (κ1) is 9.78. The minimum atomic E-state index is -0.301. The number of hydrogen-bond acceptors (Lipinski definition) is 4. The number of nitrogens with two attached hydrogens (primary N) is 1. The minimum absolute atomic E-state index is 0.269. The fourth-order valence-corrected chi connectivity index (χ4v) is 2.40. The average Bonchev–Trinajstić information content (AvgIpc) is 2.72. The van der Waals surface area contributed by atoms with E-state index in [2.05, 4.69) is 0 Å². The fraction of sp³-hybridized carbons (Fsp3) is 0.500. The lowest BCUT2D eigenvalue weighted by Crippen LogP contribution is -2.43. The van der Waals surface area contributed by atoms with Gasteiger partial charge in [-0.25, -0.2) is 0 Å². The molecule has 0 spiro atoms. The zero-order chi connectivity index (χ0) is 11.2. The number of fused-ring (bicyclic) bond motifs is 1. The van der Waals surface area contributed by atoms with Crippen LogP contribution >= 0.6 is 0 Å². The molecule has 0 atom stereocenters. The van der Waals surface area contributed by atoms with Crippen LogP contribution in [0.15, 0.2) is 12.1 Å². The van der Waals surface area contributed by atoms with Gasteiger partial charge in [0.1, 0.15) is 5.75 Å². The summed E-state index contributed by atoms with van der Waals surface area (Å²) in [5, 5.41) is 0. The lowest BCUT2D eigenvalue weighted by atomic mass is 9.72. The molecule has 4 heteroatoms. The van der Waals surface area contributed by atoms with Crippen LogP contribution in [-0.2, 0) is 5.54 Å². The Bertz CT molecular complexity index is 427. The minimum Gasteiger partial charge on any atom is -0.496 e. The summed E-state index contributed by atoms with van der Waals surface area (Å²) < 4.78 is 16.3. The monoisotopic (exact) mass is 221 g/mol. The van der Waals surface area contributed by atoms with Crippen molar-refractivity contribution in [1.82, 2.24) is 0 Å². The molecular formula is C12H15NO3.